The molecule has 8 heteroatoms. The topological polar surface area (TPSA) is 62.1 Å². The number of rotatable bonds is 3. The predicted octanol–water partition coefficient (Wildman–Crippen LogP) is 3.78. The van der Waals surface area contributed by atoms with Crippen LogP contribution in [0.4, 0.5) is 4.39 Å². The number of fused-ring (bicyclic) bond motifs is 3. The molecule has 0 spiro atoms. The number of nitrogens with one attached hydrogen (secondary N) is 1. The third kappa shape index (κ3) is 2.96. The van der Waals surface area contributed by atoms with Crippen LogP contribution in [0.2, 0.25) is 5.02 Å². The Kier molecular flexibility index (Phi) is 4.06. The van der Waals surface area contributed by atoms with Gasteiger partial charge in [0, 0.05) is 34.6 Å². The summed E-state index contributed by atoms with van der Waals surface area (Å²) in [4.78, 5) is 9.77. The molecule has 3 aromatic heterocycles. The number of nitrogens with zero attached hydrogens (tertiary/aromatic N) is 5. The van der Waals surface area contributed by atoms with Gasteiger partial charge in [-0.25, -0.2) is 13.9 Å². The summed E-state index contributed by atoms with van der Waals surface area (Å²) in [5, 5.41) is 10.2. The second-order valence-electron chi connectivity index (χ2n) is 7.04. The molecule has 0 radical (unpaired) electrons. The van der Waals surface area contributed by atoms with Crippen LogP contribution >= 0.6 is 11.6 Å². The lowest BCUT2D eigenvalue weighted by Gasteiger charge is -2.31. The van der Waals surface area contributed by atoms with E-state index in [4.69, 9.17) is 11.6 Å². The maximum absolute atomic E-state index is 14.1. The molecular weight excluding hydrogens is 367 g/mol. The SMILES string of the molecule is Fc1cc(Cl)ccc1CN1CCC(c2nnn3cnc4[nH]ccc4c23)CC1. The van der Waals surface area contributed by atoms with Gasteiger partial charge in [-0.2, -0.15) is 0 Å². The fourth-order valence-electron chi connectivity index (χ4n) is 3.95. The van der Waals surface area contributed by atoms with Crippen molar-refractivity contribution in [2.45, 2.75) is 25.3 Å². The number of aromatic amines is 1. The summed E-state index contributed by atoms with van der Waals surface area (Å²) >= 11 is 5.84. The van der Waals surface area contributed by atoms with E-state index in [0.717, 1.165) is 48.2 Å². The van der Waals surface area contributed by atoms with Crippen molar-refractivity contribution in [2.75, 3.05) is 13.1 Å². The molecule has 6 nitrogen and oxygen atoms in total. The van der Waals surface area contributed by atoms with Gasteiger partial charge >= 0.3 is 0 Å². The third-order valence-electron chi connectivity index (χ3n) is 5.38. The van der Waals surface area contributed by atoms with Gasteiger partial charge in [-0.15, -0.1) is 5.10 Å². The summed E-state index contributed by atoms with van der Waals surface area (Å²) in [6.07, 6.45) is 5.52. The van der Waals surface area contributed by atoms with E-state index in [9.17, 15) is 4.39 Å². The van der Waals surface area contributed by atoms with Gasteiger partial charge in [0.2, 0.25) is 0 Å². The van der Waals surface area contributed by atoms with Gasteiger partial charge in [0.15, 0.2) is 0 Å². The summed E-state index contributed by atoms with van der Waals surface area (Å²) in [6, 6.07) is 6.91. The number of hydrogen-bond donors (Lipinski definition) is 1. The van der Waals surface area contributed by atoms with Crippen LogP contribution in [0.1, 0.15) is 30.0 Å². The van der Waals surface area contributed by atoms with Crippen molar-refractivity contribution >= 4 is 28.2 Å². The highest BCUT2D eigenvalue weighted by Gasteiger charge is 2.26. The lowest BCUT2D eigenvalue weighted by molar-refractivity contribution is 0.201. The minimum absolute atomic E-state index is 0.240. The standard InChI is InChI=1S/C19H18ClFN6/c20-14-2-1-13(16(21)9-14)10-26-7-4-12(5-8-26)17-18-15-3-6-22-19(15)23-11-27(18)25-24-17/h1-3,6,9,11-12,22H,4-5,7-8,10H2. The lowest BCUT2D eigenvalue weighted by atomic mass is 9.92. The Morgan fingerprint density at radius 2 is 2.07 bits per heavy atom. The molecular formula is C19H18ClFN6. The highest BCUT2D eigenvalue weighted by Crippen LogP contribution is 2.32. The van der Waals surface area contributed by atoms with Gasteiger partial charge < -0.3 is 4.98 Å². The summed E-state index contributed by atoms with van der Waals surface area (Å²) in [5.74, 6) is 0.102. The average Bonchev–Trinajstić information content (AvgIpc) is 3.30. The molecule has 0 aliphatic carbocycles. The Hall–Kier alpha value is -2.51. The maximum Gasteiger partial charge on any atom is 0.141 e. The van der Waals surface area contributed by atoms with Gasteiger partial charge in [0.1, 0.15) is 23.3 Å². The number of H-pyrrole nitrogens is 1. The fraction of sp³-hybridized carbons (Fsp3) is 0.316. The van der Waals surface area contributed by atoms with E-state index in [2.05, 4.69) is 25.2 Å². The largest absolute Gasteiger partial charge is 0.346 e. The zero-order valence-corrected chi connectivity index (χ0v) is 15.3. The van der Waals surface area contributed by atoms with Crippen LogP contribution in [0.15, 0.2) is 36.8 Å². The summed E-state index contributed by atoms with van der Waals surface area (Å²) in [7, 11) is 0. The average molecular weight is 385 g/mol. The first-order valence-corrected chi connectivity index (χ1v) is 9.40. The van der Waals surface area contributed by atoms with Crippen molar-refractivity contribution in [3.05, 3.63) is 58.9 Å². The van der Waals surface area contributed by atoms with E-state index in [1.165, 1.54) is 6.07 Å². The normalized spacial score (nSPS) is 16.5. The van der Waals surface area contributed by atoms with Gasteiger partial charge in [0.05, 0.1) is 5.69 Å². The number of likely N-dealkylation sites (tertiary alicyclic amines) is 1. The molecule has 1 aromatic carbocycles. The van der Waals surface area contributed by atoms with Crippen molar-refractivity contribution in [2.24, 2.45) is 0 Å². The van der Waals surface area contributed by atoms with Crippen molar-refractivity contribution in [1.82, 2.24) is 29.7 Å². The third-order valence-corrected chi connectivity index (χ3v) is 5.62. The maximum atomic E-state index is 14.1. The number of piperidine rings is 1. The minimum atomic E-state index is -0.240. The van der Waals surface area contributed by atoms with Crippen LogP contribution in [0.3, 0.4) is 0 Å². The Morgan fingerprint density at radius 3 is 2.89 bits per heavy atom. The molecule has 0 bridgehead atoms. The molecule has 1 N–H and O–H groups in total. The zero-order valence-electron chi connectivity index (χ0n) is 14.6. The van der Waals surface area contributed by atoms with Crippen LogP contribution in [0.25, 0.3) is 16.6 Å². The Morgan fingerprint density at radius 1 is 1.22 bits per heavy atom. The first-order valence-electron chi connectivity index (χ1n) is 9.02. The molecule has 27 heavy (non-hydrogen) atoms. The minimum Gasteiger partial charge on any atom is -0.346 e. The van der Waals surface area contributed by atoms with E-state index in [1.54, 1.807) is 23.0 Å². The molecule has 1 saturated heterocycles. The highest BCUT2D eigenvalue weighted by molar-refractivity contribution is 6.30. The van der Waals surface area contributed by atoms with E-state index < -0.39 is 0 Å². The quantitative estimate of drug-likeness (QED) is 0.584. The van der Waals surface area contributed by atoms with Gasteiger partial charge in [-0.05, 0) is 44.1 Å². The second-order valence-corrected chi connectivity index (χ2v) is 7.47. The van der Waals surface area contributed by atoms with Crippen LogP contribution in [0, 0.1) is 5.82 Å². The summed E-state index contributed by atoms with van der Waals surface area (Å²) < 4.78 is 15.8. The van der Waals surface area contributed by atoms with Crippen LogP contribution < -0.4 is 0 Å². The van der Waals surface area contributed by atoms with Crippen LogP contribution in [-0.2, 0) is 6.54 Å². The highest BCUT2D eigenvalue weighted by atomic mass is 35.5. The van der Waals surface area contributed by atoms with Crippen LogP contribution in [-0.4, -0.2) is 42.8 Å². The first kappa shape index (κ1) is 16.6. The molecule has 0 saturated carbocycles. The predicted molar refractivity (Wildman–Crippen MR) is 101 cm³/mol. The molecule has 0 atom stereocenters. The fourth-order valence-corrected chi connectivity index (χ4v) is 4.11. The number of aromatic nitrogens is 5. The van der Waals surface area contributed by atoms with Crippen molar-refractivity contribution in [3.8, 4) is 0 Å². The number of benzene rings is 1. The number of hydrogen-bond acceptors (Lipinski definition) is 4. The van der Waals surface area contributed by atoms with Crippen molar-refractivity contribution in [1.29, 1.82) is 0 Å². The molecule has 0 amide bonds. The van der Waals surface area contributed by atoms with Crippen molar-refractivity contribution < 1.29 is 4.39 Å². The molecule has 138 valence electrons. The van der Waals surface area contributed by atoms with Gasteiger partial charge in [-0.1, -0.05) is 22.9 Å². The summed E-state index contributed by atoms with van der Waals surface area (Å²) in [5.41, 5.74) is 3.59. The Labute approximate surface area is 160 Å². The monoisotopic (exact) mass is 384 g/mol. The second kappa shape index (κ2) is 6.58. The molecule has 1 fully saturated rings. The molecule has 5 rings (SSSR count). The molecule has 0 unspecified atom stereocenters. The lowest BCUT2D eigenvalue weighted by Crippen LogP contribution is -2.32. The van der Waals surface area contributed by atoms with Crippen molar-refractivity contribution in [3.63, 3.8) is 0 Å². The Bertz CT molecular complexity index is 1110. The van der Waals surface area contributed by atoms with E-state index in [-0.39, 0.29) is 5.82 Å². The Balaban J connectivity index is 1.35. The van der Waals surface area contributed by atoms with E-state index in [1.807, 2.05) is 12.3 Å². The zero-order chi connectivity index (χ0) is 18.4. The first-order chi connectivity index (χ1) is 13.2. The summed E-state index contributed by atoms with van der Waals surface area (Å²) in [6.45, 7) is 2.39. The molecule has 1 aliphatic heterocycles. The van der Waals surface area contributed by atoms with Crippen LogP contribution in [0.5, 0.6) is 0 Å². The van der Waals surface area contributed by atoms with Gasteiger partial charge in [-0.3, -0.25) is 4.90 Å². The molecule has 1 aliphatic rings. The smallest absolute Gasteiger partial charge is 0.141 e. The molecule has 4 heterocycles. The van der Waals surface area contributed by atoms with Gasteiger partial charge in [0.25, 0.3) is 0 Å². The van der Waals surface area contributed by atoms with E-state index >= 15 is 0 Å². The van der Waals surface area contributed by atoms with E-state index in [0.29, 0.717) is 23.0 Å². The molecule has 4 aromatic rings. The number of halogens is 2.